The van der Waals surface area contributed by atoms with Crippen LogP contribution in [0.5, 0.6) is 0 Å². The number of hydrogen-bond donors (Lipinski definition) is 1. The highest BCUT2D eigenvalue weighted by molar-refractivity contribution is 7.80. The summed E-state index contributed by atoms with van der Waals surface area (Å²) < 4.78 is 0. The van der Waals surface area contributed by atoms with Crippen molar-refractivity contribution in [1.82, 2.24) is 0 Å². The summed E-state index contributed by atoms with van der Waals surface area (Å²) in [6.45, 7) is 1.88. The largest absolute Gasteiger partial charge is 0.376 e. The number of hydrogen-bond acceptors (Lipinski definition) is 2. The molecule has 0 atom stereocenters. The highest BCUT2D eigenvalue weighted by Crippen LogP contribution is 2.27. The van der Waals surface area contributed by atoms with Crippen LogP contribution in [0.25, 0.3) is 0 Å². The second-order valence-corrected chi connectivity index (χ2v) is 4.25. The maximum absolute atomic E-state index is 11.6. The molecule has 1 rings (SSSR count). The van der Waals surface area contributed by atoms with E-state index >= 15 is 0 Å². The van der Waals surface area contributed by atoms with Crippen LogP contribution < -0.4 is 10.6 Å². The highest BCUT2D eigenvalue weighted by Gasteiger charge is 2.20. The topological polar surface area (TPSA) is 46.3 Å². The van der Waals surface area contributed by atoms with Crippen LogP contribution in [-0.2, 0) is 4.79 Å². The molecule has 0 aliphatic heterocycles. The number of rotatable bonds is 2. The summed E-state index contributed by atoms with van der Waals surface area (Å²) in [7, 11) is 0. The second kappa shape index (κ2) is 5.48. The van der Waals surface area contributed by atoms with Gasteiger partial charge in [-0.2, -0.15) is 0 Å². The van der Waals surface area contributed by atoms with E-state index in [0.29, 0.717) is 10.7 Å². The molecular weight excluding hydrogens is 267 g/mol. The van der Waals surface area contributed by atoms with Crippen molar-refractivity contribution in [1.29, 1.82) is 0 Å². The number of carbonyl (C=O) groups is 1. The van der Waals surface area contributed by atoms with Crippen LogP contribution >= 0.6 is 35.4 Å². The Bertz CT molecular complexity index is 437. The van der Waals surface area contributed by atoms with E-state index in [4.69, 9.17) is 41.2 Å². The van der Waals surface area contributed by atoms with Gasteiger partial charge in [0.25, 0.3) is 0 Å². The van der Waals surface area contributed by atoms with Gasteiger partial charge in [-0.25, -0.2) is 0 Å². The molecule has 1 aromatic carbocycles. The first-order valence-corrected chi connectivity index (χ1v) is 5.74. The first-order chi connectivity index (χ1) is 7.47. The van der Waals surface area contributed by atoms with Crippen LogP contribution in [0.1, 0.15) is 5.56 Å². The molecule has 2 N–H and O–H groups in total. The van der Waals surface area contributed by atoms with Crippen LogP contribution in [0.15, 0.2) is 18.2 Å². The molecule has 0 aromatic heterocycles. The lowest BCUT2D eigenvalue weighted by Gasteiger charge is -2.21. The lowest BCUT2D eigenvalue weighted by atomic mass is 10.2. The van der Waals surface area contributed by atoms with Gasteiger partial charge >= 0.3 is 0 Å². The molecule has 1 aromatic rings. The van der Waals surface area contributed by atoms with Crippen molar-refractivity contribution in [3.8, 4) is 0 Å². The van der Waals surface area contributed by atoms with Crippen molar-refractivity contribution in [2.45, 2.75) is 6.92 Å². The molecule has 3 nitrogen and oxygen atoms in total. The maximum atomic E-state index is 11.6. The van der Waals surface area contributed by atoms with E-state index in [2.05, 4.69) is 0 Å². The zero-order valence-corrected chi connectivity index (χ0v) is 10.9. The number of aryl methyl sites for hydroxylation is 1. The number of nitrogens with zero attached hydrogens (tertiary/aromatic N) is 1. The summed E-state index contributed by atoms with van der Waals surface area (Å²) in [4.78, 5) is 12.7. The average Bonchev–Trinajstić information content (AvgIpc) is 2.22. The van der Waals surface area contributed by atoms with Crippen molar-refractivity contribution in [3.63, 3.8) is 0 Å². The predicted molar refractivity (Wildman–Crippen MR) is 71.2 cm³/mol. The Kier molecular flexibility index (Phi) is 4.53. The van der Waals surface area contributed by atoms with Gasteiger partial charge in [-0.15, -0.1) is 11.6 Å². The van der Waals surface area contributed by atoms with E-state index in [0.717, 1.165) is 10.5 Å². The summed E-state index contributed by atoms with van der Waals surface area (Å²) in [6.07, 6.45) is 0. The molecule has 0 fully saturated rings. The highest BCUT2D eigenvalue weighted by atomic mass is 35.5. The Morgan fingerprint density at radius 2 is 2.19 bits per heavy atom. The molecule has 86 valence electrons. The summed E-state index contributed by atoms with van der Waals surface area (Å²) in [5.41, 5.74) is 6.89. The zero-order chi connectivity index (χ0) is 12.3. The van der Waals surface area contributed by atoms with Crippen LogP contribution in [0.2, 0.25) is 5.02 Å². The average molecular weight is 277 g/mol. The third-order valence-corrected chi connectivity index (χ3v) is 2.66. The molecule has 0 bridgehead atoms. The summed E-state index contributed by atoms with van der Waals surface area (Å²) >= 11 is 16.3. The number of thiocarbonyl (C=S) groups is 1. The van der Waals surface area contributed by atoms with Gasteiger partial charge in [0.2, 0.25) is 5.91 Å². The van der Waals surface area contributed by atoms with Gasteiger partial charge in [0.1, 0.15) is 5.88 Å². The van der Waals surface area contributed by atoms with Crippen molar-refractivity contribution >= 4 is 52.1 Å². The van der Waals surface area contributed by atoms with E-state index in [9.17, 15) is 4.79 Å². The van der Waals surface area contributed by atoms with Crippen molar-refractivity contribution in [2.24, 2.45) is 5.73 Å². The van der Waals surface area contributed by atoms with Gasteiger partial charge in [0.05, 0.1) is 10.7 Å². The van der Waals surface area contributed by atoms with Crippen molar-refractivity contribution < 1.29 is 4.79 Å². The van der Waals surface area contributed by atoms with E-state index in [1.54, 1.807) is 12.1 Å². The molecule has 0 spiro atoms. The number of benzene rings is 1. The minimum absolute atomic E-state index is 0.0712. The third kappa shape index (κ3) is 2.84. The number of anilines is 1. The van der Waals surface area contributed by atoms with Gasteiger partial charge in [-0.05, 0) is 36.8 Å². The van der Waals surface area contributed by atoms with Gasteiger partial charge in [-0.3, -0.25) is 9.69 Å². The minimum Gasteiger partial charge on any atom is -0.376 e. The Morgan fingerprint density at radius 1 is 1.56 bits per heavy atom. The first-order valence-electron chi connectivity index (χ1n) is 4.42. The molecule has 1 amide bonds. The van der Waals surface area contributed by atoms with Crippen LogP contribution in [0.4, 0.5) is 5.69 Å². The SMILES string of the molecule is Cc1ccc(Cl)c(N(C(=O)CCl)C(N)=S)c1. The van der Waals surface area contributed by atoms with Crippen LogP contribution in [-0.4, -0.2) is 16.9 Å². The maximum Gasteiger partial charge on any atom is 0.248 e. The van der Waals surface area contributed by atoms with Crippen LogP contribution in [0, 0.1) is 6.92 Å². The monoisotopic (exact) mass is 276 g/mol. The smallest absolute Gasteiger partial charge is 0.248 e. The predicted octanol–water partition coefficient (Wildman–Crippen LogP) is 2.46. The second-order valence-electron chi connectivity index (χ2n) is 3.16. The van der Waals surface area contributed by atoms with Crippen molar-refractivity contribution in [3.05, 3.63) is 28.8 Å². The number of nitrogens with two attached hydrogens (primary N) is 1. The Hall–Kier alpha value is -0.840. The molecule has 0 aliphatic rings. The number of alkyl halides is 1. The summed E-state index contributed by atoms with van der Waals surface area (Å²) in [5.74, 6) is -0.608. The van der Waals surface area contributed by atoms with E-state index in [1.807, 2.05) is 13.0 Å². The quantitative estimate of drug-likeness (QED) is 0.667. The molecule has 6 heteroatoms. The summed E-state index contributed by atoms with van der Waals surface area (Å²) in [5, 5.41) is 0.329. The van der Waals surface area contributed by atoms with Crippen molar-refractivity contribution in [2.75, 3.05) is 10.8 Å². The van der Waals surface area contributed by atoms with Crippen LogP contribution in [0.3, 0.4) is 0 Å². The standard InChI is InChI=1S/C10H10Cl2N2OS/c1-6-2-3-7(12)8(4-6)14(10(13)16)9(15)5-11/h2-4H,5H2,1H3,(H2,13,16). The Morgan fingerprint density at radius 3 is 2.69 bits per heavy atom. The molecule has 0 heterocycles. The van der Waals surface area contributed by atoms with Gasteiger partial charge < -0.3 is 5.73 Å². The fourth-order valence-electron chi connectivity index (χ4n) is 1.23. The molecule has 0 saturated carbocycles. The molecule has 0 unspecified atom stereocenters. The Labute approximate surface area is 109 Å². The minimum atomic E-state index is -0.401. The molecular formula is C10H10Cl2N2OS. The fourth-order valence-corrected chi connectivity index (χ4v) is 1.75. The third-order valence-electron chi connectivity index (χ3n) is 1.93. The van der Waals surface area contributed by atoms with E-state index in [-0.39, 0.29) is 11.0 Å². The number of amides is 1. The van der Waals surface area contributed by atoms with Gasteiger partial charge in [-0.1, -0.05) is 17.7 Å². The lowest BCUT2D eigenvalue weighted by molar-refractivity contribution is -0.115. The lowest BCUT2D eigenvalue weighted by Crippen LogP contribution is -2.41. The molecule has 0 radical (unpaired) electrons. The molecule has 0 saturated heterocycles. The Balaban J connectivity index is 3.25. The van der Waals surface area contributed by atoms with E-state index in [1.165, 1.54) is 0 Å². The van der Waals surface area contributed by atoms with Gasteiger partial charge in [0, 0.05) is 0 Å². The van der Waals surface area contributed by atoms with Gasteiger partial charge in [0.15, 0.2) is 5.11 Å². The summed E-state index contributed by atoms with van der Waals surface area (Å²) in [6, 6.07) is 5.24. The molecule has 16 heavy (non-hydrogen) atoms. The number of carbonyl (C=O) groups excluding carboxylic acids is 1. The zero-order valence-electron chi connectivity index (χ0n) is 8.54. The normalized spacial score (nSPS) is 9.94. The number of halogens is 2. The molecule has 0 aliphatic carbocycles. The first kappa shape index (κ1) is 13.2. The van der Waals surface area contributed by atoms with E-state index < -0.39 is 5.91 Å². The fraction of sp³-hybridized carbons (Fsp3) is 0.200.